The Kier molecular flexibility index (Phi) is 5.51. The van der Waals surface area contributed by atoms with Gasteiger partial charge in [-0.25, -0.2) is 4.98 Å². The second-order valence-corrected chi connectivity index (χ2v) is 6.61. The van der Waals surface area contributed by atoms with Gasteiger partial charge in [-0.1, -0.05) is 13.3 Å². The van der Waals surface area contributed by atoms with Crippen molar-refractivity contribution in [2.45, 2.75) is 39.0 Å². The zero-order valence-corrected chi connectivity index (χ0v) is 14.6. The van der Waals surface area contributed by atoms with Crippen molar-refractivity contribution in [1.82, 2.24) is 9.88 Å². The van der Waals surface area contributed by atoms with Gasteiger partial charge in [-0.3, -0.25) is 4.79 Å². The van der Waals surface area contributed by atoms with Gasteiger partial charge in [0.1, 0.15) is 5.52 Å². The van der Waals surface area contributed by atoms with E-state index in [9.17, 15) is 4.79 Å². The summed E-state index contributed by atoms with van der Waals surface area (Å²) in [5, 5.41) is 0. The van der Waals surface area contributed by atoms with Gasteiger partial charge in [0.2, 0.25) is 0 Å². The molecule has 1 saturated heterocycles. The largest absolute Gasteiger partial charge is 0.441 e. The maximum atomic E-state index is 12.8. The van der Waals surface area contributed by atoms with E-state index >= 15 is 0 Å². The zero-order valence-electron chi connectivity index (χ0n) is 14.6. The van der Waals surface area contributed by atoms with Crippen LogP contribution in [0.1, 0.15) is 48.9 Å². The lowest BCUT2D eigenvalue weighted by atomic mass is 9.98. The van der Waals surface area contributed by atoms with Gasteiger partial charge < -0.3 is 14.1 Å². The Hall–Kier alpha value is -1.88. The number of carbonyl (C=O) groups excluding carboxylic acids is 1. The molecule has 130 valence electrons. The molecule has 1 aliphatic heterocycles. The van der Waals surface area contributed by atoms with Crippen molar-refractivity contribution in [3.05, 3.63) is 29.7 Å². The van der Waals surface area contributed by atoms with Crippen LogP contribution in [-0.4, -0.2) is 42.6 Å². The van der Waals surface area contributed by atoms with Crippen LogP contribution in [0.3, 0.4) is 0 Å². The topological polar surface area (TPSA) is 55.6 Å². The average molecular weight is 330 g/mol. The molecule has 0 bridgehead atoms. The Balaban J connectivity index is 1.74. The number of ether oxygens (including phenoxy) is 1. The highest BCUT2D eigenvalue weighted by Gasteiger charge is 2.24. The molecule has 1 aromatic carbocycles. The summed E-state index contributed by atoms with van der Waals surface area (Å²) in [6.07, 6.45) is 5.18. The first-order valence-electron chi connectivity index (χ1n) is 8.89. The lowest BCUT2D eigenvalue weighted by molar-refractivity contribution is 0.0571. The third kappa shape index (κ3) is 3.78. The van der Waals surface area contributed by atoms with Gasteiger partial charge in [-0.05, 0) is 43.4 Å². The van der Waals surface area contributed by atoms with Crippen molar-refractivity contribution in [3.63, 3.8) is 0 Å². The fourth-order valence-electron chi connectivity index (χ4n) is 3.35. The van der Waals surface area contributed by atoms with E-state index in [4.69, 9.17) is 9.15 Å². The van der Waals surface area contributed by atoms with Gasteiger partial charge in [0.05, 0.1) is 6.61 Å². The number of piperidine rings is 1. The maximum Gasteiger partial charge on any atom is 0.253 e. The Morgan fingerprint density at radius 1 is 1.46 bits per heavy atom. The van der Waals surface area contributed by atoms with E-state index in [1.165, 1.54) is 0 Å². The third-order valence-corrected chi connectivity index (χ3v) is 4.63. The van der Waals surface area contributed by atoms with Gasteiger partial charge in [0.15, 0.2) is 11.5 Å². The molecule has 0 aliphatic carbocycles. The van der Waals surface area contributed by atoms with Crippen LogP contribution in [0.5, 0.6) is 0 Å². The van der Waals surface area contributed by atoms with Crippen LogP contribution in [0.4, 0.5) is 0 Å². The molecule has 1 amide bonds. The predicted molar refractivity (Wildman–Crippen MR) is 93.1 cm³/mol. The van der Waals surface area contributed by atoms with Gasteiger partial charge in [0, 0.05) is 32.2 Å². The number of amides is 1. The SMILES string of the molecule is CCCCc1nc2cc(C(=O)N3CCC[C@@H](COC)C3)ccc2o1. The predicted octanol–water partition coefficient (Wildman–Crippen LogP) is 3.67. The van der Waals surface area contributed by atoms with E-state index < -0.39 is 0 Å². The molecule has 0 spiro atoms. The smallest absolute Gasteiger partial charge is 0.253 e. The minimum absolute atomic E-state index is 0.0795. The first-order valence-corrected chi connectivity index (χ1v) is 8.89. The maximum absolute atomic E-state index is 12.8. The minimum atomic E-state index is 0.0795. The number of aryl methyl sites for hydroxylation is 1. The number of hydrogen-bond donors (Lipinski definition) is 0. The molecule has 0 radical (unpaired) electrons. The Morgan fingerprint density at radius 2 is 2.33 bits per heavy atom. The minimum Gasteiger partial charge on any atom is -0.441 e. The normalized spacial score (nSPS) is 18.2. The quantitative estimate of drug-likeness (QED) is 0.811. The molecule has 1 atom stereocenters. The number of carbonyl (C=O) groups is 1. The van der Waals surface area contributed by atoms with Gasteiger partial charge in [-0.2, -0.15) is 0 Å². The first-order chi connectivity index (χ1) is 11.7. The summed E-state index contributed by atoms with van der Waals surface area (Å²) >= 11 is 0. The molecule has 0 N–H and O–H groups in total. The van der Waals surface area contributed by atoms with Gasteiger partial charge in [0.25, 0.3) is 5.91 Å². The highest BCUT2D eigenvalue weighted by Crippen LogP contribution is 2.22. The number of hydrogen-bond acceptors (Lipinski definition) is 4. The second kappa shape index (κ2) is 7.79. The van der Waals surface area contributed by atoms with Crippen molar-refractivity contribution in [2.75, 3.05) is 26.8 Å². The summed E-state index contributed by atoms with van der Waals surface area (Å²) in [7, 11) is 1.72. The zero-order chi connectivity index (χ0) is 16.9. The molecule has 2 aromatic rings. The van der Waals surface area contributed by atoms with Crippen molar-refractivity contribution < 1.29 is 13.9 Å². The van der Waals surface area contributed by atoms with E-state index in [1.54, 1.807) is 7.11 Å². The molecular formula is C19H26N2O3. The van der Waals surface area contributed by atoms with Crippen molar-refractivity contribution >= 4 is 17.0 Å². The summed E-state index contributed by atoms with van der Waals surface area (Å²) in [5.41, 5.74) is 2.22. The fourth-order valence-corrected chi connectivity index (χ4v) is 3.35. The standard InChI is InChI=1S/C19H26N2O3/c1-3-4-7-18-20-16-11-15(8-9-17(16)24-18)19(22)21-10-5-6-14(12-21)13-23-2/h8-9,11,14H,3-7,10,12-13H2,1-2H3/t14-/m1/s1. The van der Waals surface area contributed by atoms with E-state index in [0.29, 0.717) is 18.1 Å². The highest BCUT2D eigenvalue weighted by atomic mass is 16.5. The van der Waals surface area contributed by atoms with Crippen molar-refractivity contribution in [2.24, 2.45) is 5.92 Å². The number of aromatic nitrogens is 1. The lowest BCUT2D eigenvalue weighted by Gasteiger charge is -2.32. The van der Waals surface area contributed by atoms with Crippen LogP contribution in [0.25, 0.3) is 11.1 Å². The lowest BCUT2D eigenvalue weighted by Crippen LogP contribution is -2.41. The number of benzene rings is 1. The number of likely N-dealkylation sites (tertiary alicyclic amines) is 1. The molecule has 0 saturated carbocycles. The summed E-state index contributed by atoms with van der Waals surface area (Å²) in [4.78, 5) is 19.3. The average Bonchev–Trinajstić information content (AvgIpc) is 3.01. The van der Waals surface area contributed by atoms with E-state index in [0.717, 1.165) is 62.2 Å². The number of unbranched alkanes of at least 4 members (excludes halogenated alkanes) is 1. The van der Waals surface area contributed by atoms with E-state index in [2.05, 4.69) is 11.9 Å². The monoisotopic (exact) mass is 330 g/mol. The van der Waals surface area contributed by atoms with E-state index in [1.807, 2.05) is 23.1 Å². The molecule has 2 heterocycles. The summed E-state index contributed by atoms with van der Waals surface area (Å²) in [6, 6.07) is 5.57. The Morgan fingerprint density at radius 3 is 3.12 bits per heavy atom. The summed E-state index contributed by atoms with van der Waals surface area (Å²) in [5.74, 6) is 1.27. The van der Waals surface area contributed by atoms with Crippen LogP contribution in [0.15, 0.2) is 22.6 Å². The van der Waals surface area contributed by atoms with Crippen LogP contribution < -0.4 is 0 Å². The second-order valence-electron chi connectivity index (χ2n) is 6.61. The van der Waals surface area contributed by atoms with Crippen LogP contribution in [-0.2, 0) is 11.2 Å². The number of methoxy groups -OCH3 is 1. The Bertz CT molecular complexity index is 693. The summed E-state index contributed by atoms with van der Waals surface area (Å²) < 4.78 is 11.0. The van der Waals surface area contributed by atoms with Crippen LogP contribution in [0, 0.1) is 5.92 Å². The molecule has 0 unspecified atom stereocenters. The molecule has 1 aromatic heterocycles. The molecule has 24 heavy (non-hydrogen) atoms. The van der Waals surface area contributed by atoms with Gasteiger partial charge >= 0.3 is 0 Å². The molecular weight excluding hydrogens is 304 g/mol. The molecule has 5 heteroatoms. The first kappa shape index (κ1) is 17.0. The van der Waals surface area contributed by atoms with Crippen molar-refractivity contribution in [1.29, 1.82) is 0 Å². The third-order valence-electron chi connectivity index (χ3n) is 4.63. The highest BCUT2D eigenvalue weighted by molar-refractivity contribution is 5.97. The number of fused-ring (bicyclic) bond motifs is 1. The van der Waals surface area contributed by atoms with E-state index in [-0.39, 0.29) is 5.91 Å². The summed E-state index contributed by atoms with van der Waals surface area (Å²) in [6.45, 7) is 4.45. The van der Waals surface area contributed by atoms with Gasteiger partial charge in [-0.15, -0.1) is 0 Å². The Labute approximate surface area is 143 Å². The molecule has 1 fully saturated rings. The number of rotatable bonds is 6. The van der Waals surface area contributed by atoms with Crippen molar-refractivity contribution in [3.8, 4) is 0 Å². The molecule has 3 rings (SSSR count). The number of nitrogens with zero attached hydrogens (tertiary/aromatic N) is 2. The fraction of sp³-hybridized carbons (Fsp3) is 0.579. The molecule has 5 nitrogen and oxygen atoms in total. The number of oxazole rings is 1. The van der Waals surface area contributed by atoms with Crippen LogP contribution in [0.2, 0.25) is 0 Å². The molecule has 1 aliphatic rings. The van der Waals surface area contributed by atoms with Crippen LogP contribution >= 0.6 is 0 Å².